The molecule has 0 aliphatic heterocycles. The summed E-state index contributed by atoms with van der Waals surface area (Å²) in [5.41, 5.74) is 1.17. The zero-order valence-electron chi connectivity index (χ0n) is 10.4. The van der Waals surface area contributed by atoms with Crippen LogP contribution in [0.1, 0.15) is 5.56 Å². The highest BCUT2D eigenvalue weighted by atomic mass is 35.5. The molecule has 20 heavy (non-hydrogen) atoms. The highest BCUT2D eigenvalue weighted by Gasteiger charge is 2.05. The van der Waals surface area contributed by atoms with Gasteiger partial charge in [0.2, 0.25) is 0 Å². The van der Waals surface area contributed by atoms with Crippen LogP contribution >= 0.6 is 23.2 Å². The second kappa shape index (κ2) is 6.50. The summed E-state index contributed by atoms with van der Waals surface area (Å²) in [6.45, 7) is 0.222. The van der Waals surface area contributed by atoms with Crippen LogP contribution in [-0.2, 0) is 6.54 Å². The Morgan fingerprint density at radius 2 is 1.85 bits per heavy atom. The van der Waals surface area contributed by atoms with E-state index in [1.165, 1.54) is 0 Å². The van der Waals surface area contributed by atoms with Crippen molar-refractivity contribution < 1.29 is 9.90 Å². The molecule has 2 amide bonds. The van der Waals surface area contributed by atoms with Gasteiger partial charge < -0.3 is 15.7 Å². The quantitative estimate of drug-likeness (QED) is 0.801. The topological polar surface area (TPSA) is 61.4 Å². The van der Waals surface area contributed by atoms with E-state index in [4.69, 9.17) is 23.2 Å². The van der Waals surface area contributed by atoms with E-state index in [1.54, 1.807) is 42.5 Å². The van der Waals surface area contributed by atoms with Crippen molar-refractivity contribution in [1.29, 1.82) is 0 Å². The van der Waals surface area contributed by atoms with Crippen molar-refractivity contribution in [1.82, 2.24) is 5.32 Å². The molecule has 0 spiro atoms. The fourth-order valence-corrected chi connectivity index (χ4v) is 1.88. The minimum atomic E-state index is -0.397. The van der Waals surface area contributed by atoms with E-state index in [0.717, 1.165) is 0 Å². The van der Waals surface area contributed by atoms with Crippen LogP contribution in [0.5, 0.6) is 5.75 Å². The third-order valence-corrected chi connectivity index (χ3v) is 3.35. The summed E-state index contributed by atoms with van der Waals surface area (Å²) >= 11 is 11.6. The monoisotopic (exact) mass is 310 g/mol. The Kier molecular flexibility index (Phi) is 4.71. The number of amides is 2. The first-order chi connectivity index (χ1) is 9.56. The number of phenols is 1. The molecule has 0 fully saturated rings. The Balaban J connectivity index is 1.93. The van der Waals surface area contributed by atoms with Gasteiger partial charge in [0.25, 0.3) is 0 Å². The van der Waals surface area contributed by atoms with Crippen LogP contribution in [-0.4, -0.2) is 11.1 Å². The van der Waals surface area contributed by atoms with Crippen molar-refractivity contribution in [3.05, 3.63) is 58.1 Å². The third kappa shape index (κ3) is 3.79. The maximum atomic E-state index is 11.7. The van der Waals surface area contributed by atoms with E-state index in [-0.39, 0.29) is 12.3 Å². The normalized spacial score (nSPS) is 10.1. The van der Waals surface area contributed by atoms with Crippen LogP contribution < -0.4 is 10.6 Å². The van der Waals surface area contributed by atoms with Gasteiger partial charge in [0.1, 0.15) is 5.75 Å². The van der Waals surface area contributed by atoms with Gasteiger partial charge in [-0.25, -0.2) is 4.79 Å². The van der Waals surface area contributed by atoms with E-state index < -0.39 is 6.03 Å². The van der Waals surface area contributed by atoms with Crippen LogP contribution in [0.2, 0.25) is 10.0 Å². The zero-order valence-corrected chi connectivity index (χ0v) is 11.9. The predicted molar refractivity (Wildman–Crippen MR) is 80.4 cm³/mol. The van der Waals surface area contributed by atoms with Crippen LogP contribution in [0.4, 0.5) is 10.5 Å². The molecule has 0 atom stereocenters. The number of aromatic hydroxyl groups is 1. The molecule has 104 valence electrons. The maximum absolute atomic E-state index is 11.7. The van der Waals surface area contributed by atoms with E-state index in [9.17, 15) is 9.90 Å². The van der Waals surface area contributed by atoms with Crippen LogP contribution in [0.3, 0.4) is 0 Å². The number of hydrogen-bond acceptors (Lipinski definition) is 2. The fourth-order valence-electron chi connectivity index (χ4n) is 1.58. The first-order valence-electron chi connectivity index (χ1n) is 5.83. The average Bonchev–Trinajstić information content (AvgIpc) is 2.42. The van der Waals surface area contributed by atoms with E-state index in [0.29, 0.717) is 21.3 Å². The van der Waals surface area contributed by atoms with Gasteiger partial charge in [-0.3, -0.25) is 0 Å². The third-order valence-electron chi connectivity index (χ3n) is 2.61. The molecule has 6 heteroatoms. The number of phenolic OH excluding ortho intramolecular Hbond substituents is 1. The van der Waals surface area contributed by atoms with E-state index in [1.807, 2.05) is 0 Å². The number of urea groups is 1. The van der Waals surface area contributed by atoms with Crippen molar-refractivity contribution >= 4 is 34.9 Å². The average molecular weight is 311 g/mol. The molecule has 0 bridgehead atoms. The maximum Gasteiger partial charge on any atom is 0.319 e. The molecule has 0 heterocycles. The van der Waals surface area contributed by atoms with Gasteiger partial charge in [-0.2, -0.15) is 0 Å². The lowest BCUT2D eigenvalue weighted by atomic mass is 10.2. The van der Waals surface area contributed by atoms with Gasteiger partial charge >= 0.3 is 6.03 Å². The number of para-hydroxylation sites is 1. The minimum Gasteiger partial charge on any atom is -0.508 e. The van der Waals surface area contributed by atoms with Gasteiger partial charge in [-0.15, -0.1) is 0 Å². The number of benzene rings is 2. The lowest BCUT2D eigenvalue weighted by Gasteiger charge is -2.09. The second-order valence-corrected chi connectivity index (χ2v) is 4.88. The van der Waals surface area contributed by atoms with E-state index in [2.05, 4.69) is 10.6 Å². The molecular formula is C14H12Cl2N2O2. The number of carbonyl (C=O) groups excluding carboxylic acids is 1. The van der Waals surface area contributed by atoms with Crippen molar-refractivity contribution in [2.75, 3.05) is 5.32 Å². The van der Waals surface area contributed by atoms with Crippen molar-refractivity contribution in [3.63, 3.8) is 0 Å². The van der Waals surface area contributed by atoms with Gasteiger partial charge in [0.05, 0.1) is 10.0 Å². The molecule has 0 unspecified atom stereocenters. The van der Waals surface area contributed by atoms with Gasteiger partial charge in [0.15, 0.2) is 0 Å². The molecule has 2 rings (SSSR count). The van der Waals surface area contributed by atoms with Gasteiger partial charge in [-0.05, 0) is 24.3 Å². The lowest BCUT2D eigenvalue weighted by molar-refractivity contribution is 0.251. The Morgan fingerprint density at radius 3 is 2.55 bits per heavy atom. The molecule has 0 aliphatic carbocycles. The molecule has 3 N–H and O–H groups in total. The molecule has 2 aromatic carbocycles. The Hall–Kier alpha value is -1.91. The lowest BCUT2D eigenvalue weighted by Crippen LogP contribution is -2.28. The van der Waals surface area contributed by atoms with Crippen molar-refractivity contribution in [2.24, 2.45) is 0 Å². The summed E-state index contributed by atoms with van der Waals surface area (Å²) in [7, 11) is 0. The van der Waals surface area contributed by atoms with Crippen LogP contribution in [0, 0.1) is 0 Å². The summed E-state index contributed by atoms with van der Waals surface area (Å²) in [5, 5.41) is 15.6. The highest BCUT2D eigenvalue weighted by Crippen LogP contribution is 2.24. The minimum absolute atomic E-state index is 0.141. The summed E-state index contributed by atoms with van der Waals surface area (Å²) in [5.74, 6) is 0.141. The van der Waals surface area contributed by atoms with Crippen LogP contribution in [0.25, 0.3) is 0 Å². The number of carbonyl (C=O) groups is 1. The molecule has 0 aliphatic rings. The second-order valence-electron chi connectivity index (χ2n) is 4.07. The van der Waals surface area contributed by atoms with Gasteiger partial charge in [-0.1, -0.05) is 41.4 Å². The standard InChI is InChI=1S/C14H12Cl2N2O2/c15-11-6-5-10(7-12(11)16)18-14(20)17-8-9-3-1-2-4-13(9)19/h1-7,19H,8H2,(H2,17,18,20). The summed E-state index contributed by atoms with van der Waals surface area (Å²) in [6, 6.07) is 11.2. The van der Waals surface area contributed by atoms with Crippen molar-refractivity contribution in [2.45, 2.75) is 6.54 Å². The molecule has 0 saturated heterocycles. The number of halogens is 2. The number of rotatable bonds is 3. The van der Waals surface area contributed by atoms with Crippen LogP contribution in [0.15, 0.2) is 42.5 Å². The summed E-state index contributed by atoms with van der Waals surface area (Å²) in [4.78, 5) is 11.7. The summed E-state index contributed by atoms with van der Waals surface area (Å²) < 4.78 is 0. The van der Waals surface area contributed by atoms with Gasteiger partial charge in [0, 0.05) is 17.8 Å². The highest BCUT2D eigenvalue weighted by molar-refractivity contribution is 6.42. The van der Waals surface area contributed by atoms with Crippen molar-refractivity contribution in [3.8, 4) is 5.75 Å². The largest absolute Gasteiger partial charge is 0.508 e. The summed E-state index contributed by atoms with van der Waals surface area (Å²) in [6.07, 6.45) is 0. The molecule has 0 aromatic heterocycles. The zero-order chi connectivity index (χ0) is 14.5. The predicted octanol–water partition coefficient (Wildman–Crippen LogP) is 4.02. The Morgan fingerprint density at radius 1 is 1.10 bits per heavy atom. The number of hydrogen-bond donors (Lipinski definition) is 3. The fraction of sp³-hybridized carbons (Fsp3) is 0.0714. The molecular weight excluding hydrogens is 299 g/mol. The first-order valence-corrected chi connectivity index (χ1v) is 6.58. The first kappa shape index (κ1) is 14.5. The Labute approximate surface area is 126 Å². The number of nitrogens with one attached hydrogen (secondary N) is 2. The molecule has 4 nitrogen and oxygen atoms in total. The van der Waals surface area contributed by atoms with E-state index >= 15 is 0 Å². The number of anilines is 1. The smallest absolute Gasteiger partial charge is 0.319 e. The Bertz CT molecular complexity index is 632. The molecule has 2 aromatic rings. The molecule has 0 saturated carbocycles. The SMILES string of the molecule is O=C(NCc1ccccc1O)Nc1ccc(Cl)c(Cl)c1. The molecule has 0 radical (unpaired) electrons.